The van der Waals surface area contributed by atoms with E-state index in [1.807, 2.05) is 4.72 Å². The number of nitrogen functional groups attached to an aromatic ring is 1. The molecule has 0 unspecified atom stereocenters. The molecule has 0 aliphatic carbocycles. The van der Waals surface area contributed by atoms with Crippen molar-refractivity contribution in [3.63, 3.8) is 0 Å². The molecule has 0 aliphatic rings. The number of hydrogen-bond donors (Lipinski definition) is 3. The minimum atomic E-state index is -3.89. The third-order valence-electron chi connectivity index (χ3n) is 1.97. The van der Waals surface area contributed by atoms with Crippen LogP contribution in [0.15, 0.2) is 17.0 Å². The fourth-order valence-corrected chi connectivity index (χ4v) is 2.79. The Morgan fingerprint density at radius 3 is 2.59 bits per heavy atom. The molecule has 0 spiro atoms. The zero-order chi connectivity index (χ0) is 13.2. The molecule has 1 rings (SSSR count). The third kappa shape index (κ3) is 3.32. The van der Waals surface area contributed by atoms with Gasteiger partial charge in [-0.05, 0) is 24.6 Å². The Bertz CT molecular complexity index is 557. The lowest BCUT2D eigenvalue weighted by molar-refractivity contribution is -0.116. The SMILES string of the molecule is Cc1cc(N)cc(S(=O)(=O)NCC(N)=O)c1Cl. The van der Waals surface area contributed by atoms with Crippen LogP contribution in [0.1, 0.15) is 5.56 Å². The van der Waals surface area contributed by atoms with E-state index in [4.69, 9.17) is 23.1 Å². The van der Waals surface area contributed by atoms with E-state index in [1.165, 1.54) is 6.07 Å². The summed E-state index contributed by atoms with van der Waals surface area (Å²) in [6.07, 6.45) is 0. The number of nitrogens with two attached hydrogens (primary N) is 2. The molecule has 0 aliphatic heterocycles. The van der Waals surface area contributed by atoms with Gasteiger partial charge < -0.3 is 11.5 Å². The predicted octanol–water partition coefficient (Wildman–Crippen LogP) is -0.00578. The van der Waals surface area contributed by atoms with Crippen LogP contribution in [0.3, 0.4) is 0 Å². The van der Waals surface area contributed by atoms with Gasteiger partial charge in [-0.15, -0.1) is 0 Å². The monoisotopic (exact) mass is 277 g/mol. The van der Waals surface area contributed by atoms with Gasteiger partial charge in [0.25, 0.3) is 0 Å². The number of nitrogens with one attached hydrogen (secondary N) is 1. The molecule has 1 amide bonds. The van der Waals surface area contributed by atoms with Crippen LogP contribution in [0.2, 0.25) is 5.02 Å². The summed E-state index contributed by atoms with van der Waals surface area (Å²) in [6, 6.07) is 2.77. The highest BCUT2D eigenvalue weighted by Crippen LogP contribution is 2.27. The molecule has 0 bridgehead atoms. The number of benzene rings is 1. The van der Waals surface area contributed by atoms with Gasteiger partial charge in [-0.3, -0.25) is 4.79 Å². The van der Waals surface area contributed by atoms with E-state index >= 15 is 0 Å². The molecule has 5 N–H and O–H groups in total. The van der Waals surface area contributed by atoms with E-state index in [2.05, 4.69) is 0 Å². The van der Waals surface area contributed by atoms with E-state index < -0.39 is 22.5 Å². The fourth-order valence-electron chi connectivity index (χ4n) is 1.20. The molecular weight excluding hydrogens is 266 g/mol. The topological polar surface area (TPSA) is 115 Å². The minimum absolute atomic E-state index is 0.0659. The number of sulfonamides is 1. The number of aryl methyl sites for hydroxylation is 1. The van der Waals surface area contributed by atoms with Crippen molar-refractivity contribution in [1.29, 1.82) is 0 Å². The lowest BCUT2D eigenvalue weighted by Crippen LogP contribution is -2.33. The Hall–Kier alpha value is -1.31. The van der Waals surface area contributed by atoms with E-state index in [0.29, 0.717) is 5.56 Å². The lowest BCUT2D eigenvalue weighted by atomic mass is 10.2. The number of carbonyl (C=O) groups excluding carboxylic acids is 1. The second-order valence-electron chi connectivity index (χ2n) is 3.44. The van der Waals surface area contributed by atoms with E-state index in [9.17, 15) is 13.2 Å². The quantitative estimate of drug-likeness (QED) is 0.672. The second kappa shape index (κ2) is 4.91. The first-order valence-corrected chi connectivity index (χ1v) is 6.43. The van der Waals surface area contributed by atoms with Crippen LogP contribution >= 0.6 is 11.6 Å². The van der Waals surface area contributed by atoms with Gasteiger partial charge in [0.15, 0.2) is 0 Å². The number of anilines is 1. The molecule has 0 aromatic heterocycles. The van der Waals surface area contributed by atoms with Crippen LogP contribution in [0.4, 0.5) is 5.69 Å². The highest BCUT2D eigenvalue weighted by Gasteiger charge is 2.20. The van der Waals surface area contributed by atoms with Crippen molar-refractivity contribution in [2.45, 2.75) is 11.8 Å². The molecule has 94 valence electrons. The summed E-state index contributed by atoms with van der Waals surface area (Å²) in [5.74, 6) is -0.787. The molecule has 0 radical (unpaired) electrons. The Kier molecular flexibility index (Phi) is 3.97. The average molecular weight is 278 g/mol. The van der Waals surface area contributed by atoms with Gasteiger partial charge in [0.1, 0.15) is 4.90 Å². The largest absolute Gasteiger partial charge is 0.399 e. The first-order valence-electron chi connectivity index (χ1n) is 4.57. The summed E-state index contributed by atoms with van der Waals surface area (Å²) in [5.41, 5.74) is 11.2. The molecule has 0 atom stereocenters. The van der Waals surface area contributed by atoms with Crippen LogP contribution in [-0.4, -0.2) is 20.9 Å². The van der Waals surface area contributed by atoms with Crippen molar-refractivity contribution in [3.05, 3.63) is 22.7 Å². The summed E-state index contributed by atoms with van der Waals surface area (Å²) >= 11 is 5.87. The first-order chi connectivity index (χ1) is 7.74. The maximum atomic E-state index is 11.8. The van der Waals surface area contributed by atoms with Crippen molar-refractivity contribution in [1.82, 2.24) is 4.72 Å². The molecule has 0 saturated carbocycles. The normalized spacial score (nSPS) is 11.4. The van der Waals surface area contributed by atoms with Crippen molar-refractivity contribution < 1.29 is 13.2 Å². The number of halogens is 1. The summed E-state index contributed by atoms with van der Waals surface area (Å²) < 4.78 is 25.6. The number of primary amides is 1. The van der Waals surface area contributed by atoms with Crippen molar-refractivity contribution >= 4 is 33.2 Å². The summed E-state index contributed by atoms with van der Waals surface area (Å²) in [7, 11) is -3.89. The number of amides is 1. The zero-order valence-electron chi connectivity index (χ0n) is 9.03. The van der Waals surface area contributed by atoms with Crippen molar-refractivity contribution in [2.75, 3.05) is 12.3 Å². The van der Waals surface area contributed by atoms with E-state index in [-0.39, 0.29) is 15.6 Å². The minimum Gasteiger partial charge on any atom is -0.399 e. The molecule has 1 aromatic carbocycles. The highest BCUT2D eigenvalue weighted by molar-refractivity contribution is 7.89. The van der Waals surface area contributed by atoms with Gasteiger partial charge in [0.05, 0.1) is 11.6 Å². The third-order valence-corrected chi connectivity index (χ3v) is 4.01. The smallest absolute Gasteiger partial charge is 0.242 e. The Morgan fingerprint density at radius 2 is 2.06 bits per heavy atom. The van der Waals surface area contributed by atoms with Gasteiger partial charge in [-0.25, -0.2) is 13.1 Å². The van der Waals surface area contributed by atoms with Crippen molar-refractivity contribution in [3.8, 4) is 0 Å². The fraction of sp³-hybridized carbons (Fsp3) is 0.222. The molecule has 8 heteroatoms. The van der Waals surface area contributed by atoms with E-state index in [0.717, 1.165) is 0 Å². The Labute approximate surface area is 104 Å². The van der Waals surface area contributed by atoms with Gasteiger partial charge in [0, 0.05) is 5.69 Å². The molecule has 1 aromatic rings. The van der Waals surface area contributed by atoms with Crippen LogP contribution in [0, 0.1) is 6.92 Å². The first kappa shape index (κ1) is 13.8. The summed E-state index contributed by atoms with van der Waals surface area (Å²) in [5, 5.41) is 0.0659. The van der Waals surface area contributed by atoms with Crippen molar-refractivity contribution in [2.24, 2.45) is 5.73 Å². The summed E-state index contributed by atoms with van der Waals surface area (Å²) in [6.45, 7) is 1.14. The van der Waals surface area contributed by atoms with Crippen LogP contribution in [-0.2, 0) is 14.8 Å². The van der Waals surface area contributed by atoms with Crippen LogP contribution in [0.25, 0.3) is 0 Å². The molecule has 0 saturated heterocycles. The summed E-state index contributed by atoms with van der Waals surface area (Å²) in [4.78, 5) is 10.4. The second-order valence-corrected chi connectivity index (χ2v) is 5.55. The highest BCUT2D eigenvalue weighted by atomic mass is 35.5. The maximum Gasteiger partial charge on any atom is 0.242 e. The standard InChI is InChI=1S/C9H12ClN3O3S/c1-5-2-6(11)3-7(9(5)10)17(15,16)13-4-8(12)14/h2-3,13H,4,11H2,1H3,(H2,12,14). The van der Waals surface area contributed by atoms with Gasteiger partial charge in [-0.1, -0.05) is 11.6 Å². The zero-order valence-corrected chi connectivity index (χ0v) is 10.6. The average Bonchev–Trinajstić information content (AvgIpc) is 2.20. The van der Waals surface area contributed by atoms with Gasteiger partial charge >= 0.3 is 0 Å². The molecule has 6 nitrogen and oxygen atoms in total. The molecule has 17 heavy (non-hydrogen) atoms. The van der Waals surface area contributed by atoms with Gasteiger partial charge in [-0.2, -0.15) is 0 Å². The van der Waals surface area contributed by atoms with Crippen LogP contribution in [0.5, 0.6) is 0 Å². The number of carbonyl (C=O) groups is 1. The van der Waals surface area contributed by atoms with E-state index in [1.54, 1.807) is 13.0 Å². The molecular formula is C9H12ClN3O3S. The molecule has 0 heterocycles. The predicted molar refractivity (Wildman–Crippen MR) is 65.0 cm³/mol. The maximum absolute atomic E-state index is 11.8. The van der Waals surface area contributed by atoms with Crippen LogP contribution < -0.4 is 16.2 Å². The number of hydrogen-bond acceptors (Lipinski definition) is 4. The molecule has 0 fully saturated rings. The number of rotatable bonds is 4. The Morgan fingerprint density at radius 1 is 1.47 bits per heavy atom. The lowest BCUT2D eigenvalue weighted by Gasteiger charge is -2.09. The Balaban J connectivity index is 3.19. The van der Waals surface area contributed by atoms with Gasteiger partial charge in [0.2, 0.25) is 15.9 Å².